The summed E-state index contributed by atoms with van der Waals surface area (Å²) in [4.78, 5) is 14.8. The second-order valence-electron chi connectivity index (χ2n) is 6.17. The minimum absolute atomic E-state index is 0. The van der Waals surface area contributed by atoms with Crippen LogP contribution >= 0.6 is 28.3 Å². The Kier molecular flexibility index (Phi) is 5.15. The molecule has 0 saturated carbocycles. The molecule has 1 unspecified atom stereocenters. The molecule has 1 aliphatic heterocycles. The highest BCUT2D eigenvalue weighted by Crippen LogP contribution is 2.31. The van der Waals surface area contributed by atoms with Gasteiger partial charge in [0.2, 0.25) is 0 Å². The van der Waals surface area contributed by atoms with Crippen molar-refractivity contribution in [3.63, 3.8) is 0 Å². The van der Waals surface area contributed by atoms with Crippen LogP contribution in [0, 0.1) is 5.41 Å². The number of likely N-dealkylation sites (tertiary alicyclic amines) is 1. The summed E-state index contributed by atoms with van der Waals surface area (Å²) in [5.74, 6) is 0.102. The molecule has 0 radical (unpaired) electrons. The average molecular weight is 384 g/mol. The molecule has 0 aromatic heterocycles. The maximum Gasteiger partial charge on any atom is 0.254 e. The van der Waals surface area contributed by atoms with Crippen LogP contribution in [0.4, 0.5) is 0 Å². The molecule has 1 saturated heterocycles. The van der Waals surface area contributed by atoms with E-state index in [0.29, 0.717) is 6.54 Å². The standard InChI is InChI=1S/C17H19BrN2O.ClH/c1-17(10-19)6-7-20(11-17)16(21)15-9-13(18)8-12-4-2-3-5-14(12)15;/h2-5,8-9H,6-7,10-11,19H2,1H3;1H. The van der Waals surface area contributed by atoms with Crippen molar-refractivity contribution in [2.75, 3.05) is 19.6 Å². The number of hydrogen-bond donors (Lipinski definition) is 1. The highest BCUT2D eigenvalue weighted by molar-refractivity contribution is 9.10. The van der Waals surface area contributed by atoms with Crippen LogP contribution < -0.4 is 5.73 Å². The Morgan fingerprint density at radius 3 is 2.77 bits per heavy atom. The van der Waals surface area contributed by atoms with Crippen molar-refractivity contribution in [1.82, 2.24) is 4.90 Å². The zero-order valence-electron chi connectivity index (χ0n) is 12.5. The molecule has 1 atom stereocenters. The van der Waals surface area contributed by atoms with Gasteiger partial charge in [-0.1, -0.05) is 47.1 Å². The van der Waals surface area contributed by atoms with Crippen molar-refractivity contribution in [3.8, 4) is 0 Å². The maximum atomic E-state index is 12.9. The molecule has 2 aromatic carbocycles. The molecule has 22 heavy (non-hydrogen) atoms. The van der Waals surface area contributed by atoms with Gasteiger partial charge in [0.15, 0.2) is 0 Å². The molecule has 5 heteroatoms. The van der Waals surface area contributed by atoms with Gasteiger partial charge in [-0.3, -0.25) is 4.79 Å². The van der Waals surface area contributed by atoms with Gasteiger partial charge in [0, 0.05) is 23.1 Å². The Balaban J connectivity index is 0.00000176. The molecule has 118 valence electrons. The lowest BCUT2D eigenvalue weighted by molar-refractivity contribution is 0.0779. The Morgan fingerprint density at radius 2 is 2.09 bits per heavy atom. The van der Waals surface area contributed by atoms with Crippen LogP contribution in [0.1, 0.15) is 23.7 Å². The van der Waals surface area contributed by atoms with Crippen LogP contribution in [0.3, 0.4) is 0 Å². The van der Waals surface area contributed by atoms with Gasteiger partial charge in [-0.05, 0) is 41.3 Å². The molecule has 0 aliphatic carbocycles. The molecular weight excluding hydrogens is 364 g/mol. The molecular formula is C17H20BrClN2O. The van der Waals surface area contributed by atoms with E-state index >= 15 is 0 Å². The second-order valence-corrected chi connectivity index (χ2v) is 7.08. The summed E-state index contributed by atoms with van der Waals surface area (Å²) in [5, 5.41) is 2.09. The molecule has 1 heterocycles. The number of halogens is 2. The van der Waals surface area contributed by atoms with Crippen LogP contribution in [0.2, 0.25) is 0 Å². The number of rotatable bonds is 2. The van der Waals surface area contributed by atoms with E-state index < -0.39 is 0 Å². The normalized spacial score (nSPS) is 21.0. The van der Waals surface area contributed by atoms with Crippen molar-refractivity contribution in [2.45, 2.75) is 13.3 Å². The molecule has 2 N–H and O–H groups in total. The van der Waals surface area contributed by atoms with Crippen LogP contribution in [-0.4, -0.2) is 30.4 Å². The first-order chi connectivity index (χ1) is 10.0. The van der Waals surface area contributed by atoms with Crippen molar-refractivity contribution in [2.24, 2.45) is 11.1 Å². The Hall–Kier alpha value is -1.10. The van der Waals surface area contributed by atoms with Gasteiger partial charge in [0.1, 0.15) is 0 Å². The molecule has 0 bridgehead atoms. The summed E-state index contributed by atoms with van der Waals surface area (Å²) in [6.07, 6.45) is 0.973. The van der Waals surface area contributed by atoms with E-state index in [1.54, 1.807) is 0 Å². The van der Waals surface area contributed by atoms with E-state index in [1.165, 1.54) is 0 Å². The zero-order chi connectivity index (χ0) is 15.0. The lowest BCUT2D eigenvalue weighted by Gasteiger charge is -2.23. The number of benzene rings is 2. The summed E-state index contributed by atoms with van der Waals surface area (Å²) in [5.41, 5.74) is 6.66. The fourth-order valence-corrected chi connectivity index (χ4v) is 3.46. The molecule has 0 spiro atoms. The van der Waals surface area contributed by atoms with E-state index in [0.717, 1.165) is 40.3 Å². The predicted octanol–water partition coefficient (Wildman–Crippen LogP) is 3.84. The van der Waals surface area contributed by atoms with Crippen LogP contribution in [-0.2, 0) is 0 Å². The van der Waals surface area contributed by atoms with Crippen LogP contribution in [0.15, 0.2) is 40.9 Å². The molecule has 3 rings (SSSR count). The van der Waals surface area contributed by atoms with Crippen LogP contribution in [0.5, 0.6) is 0 Å². The van der Waals surface area contributed by atoms with Gasteiger partial charge in [0.05, 0.1) is 0 Å². The summed E-state index contributed by atoms with van der Waals surface area (Å²) in [6.45, 7) is 4.30. The third kappa shape index (κ3) is 3.14. The highest BCUT2D eigenvalue weighted by Gasteiger charge is 2.35. The lowest BCUT2D eigenvalue weighted by atomic mass is 9.90. The topological polar surface area (TPSA) is 46.3 Å². The molecule has 1 fully saturated rings. The molecule has 3 nitrogen and oxygen atoms in total. The van der Waals surface area contributed by atoms with E-state index in [-0.39, 0.29) is 23.7 Å². The quantitative estimate of drug-likeness (QED) is 0.856. The van der Waals surface area contributed by atoms with E-state index in [2.05, 4.69) is 22.9 Å². The molecule has 1 amide bonds. The summed E-state index contributed by atoms with van der Waals surface area (Å²) in [6, 6.07) is 12.0. The number of fused-ring (bicyclic) bond motifs is 1. The van der Waals surface area contributed by atoms with Gasteiger partial charge >= 0.3 is 0 Å². The first kappa shape index (κ1) is 17.3. The predicted molar refractivity (Wildman–Crippen MR) is 96.6 cm³/mol. The van der Waals surface area contributed by atoms with Crippen molar-refractivity contribution in [3.05, 3.63) is 46.4 Å². The Bertz CT molecular complexity index is 706. The van der Waals surface area contributed by atoms with E-state index in [9.17, 15) is 4.79 Å². The smallest absolute Gasteiger partial charge is 0.254 e. The monoisotopic (exact) mass is 382 g/mol. The number of amides is 1. The third-order valence-electron chi connectivity index (χ3n) is 4.39. The lowest BCUT2D eigenvalue weighted by Crippen LogP contribution is -2.34. The van der Waals surface area contributed by atoms with Crippen LogP contribution in [0.25, 0.3) is 10.8 Å². The summed E-state index contributed by atoms with van der Waals surface area (Å²) < 4.78 is 0.935. The van der Waals surface area contributed by atoms with Gasteiger partial charge < -0.3 is 10.6 Å². The fraction of sp³-hybridized carbons (Fsp3) is 0.353. The van der Waals surface area contributed by atoms with Crippen molar-refractivity contribution in [1.29, 1.82) is 0 Å². The first-order valence-electron chi connectivity index (χ1n) is 7.20. The highest BCUT2D eigenvalue weighted by atomic mass is 79.9. The van der Waals surface area contributed by atoms with E-state index in [1.807, 2.05) is 41.3 Å². The summed E-state index contributed by atoms with van der Waals surface area (Å²) in [7, 11) is 0. The second kappa shape index (κ2) is 6.57. The average Bonchev–Trinajstić information content (AvgIpc) is 2.89. The fourth-order valence-electron chi connectivity index (χ4n) is 2.99. The number of hydrogen-bond acceptors (Lipinski definition) is 2. The number of nitrogens with zero attached hydrogens (tertiary/aromatic N) is 1. The maximum absolute atomic E-state index is 12.9. The zero-order valence-corrected chi connectivity index (χ0v) is 14.9. The van der Waals surface area contributed by atoms with Gasteiger partial charge in [-0.2, -0.15) is 0 Å². The van der Waals surface area contributed by atoms with Crippen molar-refractivity contribution < 1.29 is 4.79 Å². The third-order valence-corrected chi connectivity index (χ3v) is 4.85. The molecule has 1 aliphatic rings. The number of carbonyl (C=O) groups excluding carboxylic acids is 1. The molecule has 2 aromatic rings. The van der Waals surface area contributed by atoms with Gasteiger partial charge in [-0.15, -0.1) is 12.4 Å². The number of nitrogens with two attached hydrogens (primary N) is 1. The first-order valence-corrected chi connectivity index (χ1v) is 7.99. The van der Waals surface area contributed by atoms with E-state index in [4.69, 9.17) is 5.73 Å². The largest absolute Gasteiger partial charge is 0.338 e. The van der Waals surface area contributed by atoms with Gasteiger partial charge in [-0.25, -0.2) is 0 Å². The SMILES string of the molecule is CC1(CN)CCN(C(=O)c2cc(Br)cc3ccccc23)C1.Cl. The van der Waals surface area contributed by atoms with Crippen molar-refractivity contribution >= 4 is 45.0 Å². The summed E-state index contributed by atoms with van der Waals surface area (Å²) >= 11 is 3.51. The number of carbonyl (C=O) groups is 1. The van der Waals surface area contributed by atoms with Gasteiger partial charge in [0.25, 0.3) is 5.91 Å². The Labute approximate surface area is 145 Å². The minimum Gasteiger partial charge on any atom is -0.338 e. The Morgan fingerprint density at radius 1 is 1.36 bits per heavy atom. The minimum atomic E-state index is 0.